The second-order valence-corrected chi connectivity index (χ2v) is 9.38. The van der Waals surface area contributed by atoms with Crippen molar-refractivity contribution in [2.45, 2.75) is 10.1 Å². The molecule has 3 aromatic carbocycles. The van der Waals surface area contributed by atoms with E-state index in [2.05, 4.69) is 16.4 Å². The van der Waals surface area contributed by atoms with E-state index >= 15 is 0 Å². The number of benzene rings is 3. The Morgan fingerprint density at radius 2 is 1.79 bits per heavy atom. The molecule has 1 aromatic heterocycles. The highest BCUT2D eigenvalue weighted by Crippen LogP contribution is 2.31. The van der Waals surface area contributed by atoms with Gasteiger partial charge < -0.3 is 19.5 Å². The molecule has 0 unspecified atom stereocenters. The molecule has 174 valence electrons. The van der Waals surface area contributed by atoms with Crippen LogP contribution in [-0.2, 0) is 15.3 Å². The van der Waals surface area contributed by atoms with Crippen molar-refractivity contribution in [1.29, 1.82) is 0 Å². The summed E-state index contributed by atoms with van der Waals surface area (Å²) >= 11 is 3.32. The standard InChI is InChI=1S/C25H22N2O5S2/c1-30-18-11-12-19(21(13-18)31-2)26-23(28)14-32-24(29)17-9-7-16(8-10-17)15-33-25-27-20-5-3-4-6-22(20)34-25/h3-13H,14-15H2,1-2H3,(H,26,28). The van der Waals surface area contributed by atoms with Crippen molar-refractivity contribution in [3.8, 4) is 11.5 Å². The summed E-state index contributed by atoms with van der Waals surface area (Å²) in [6.07, 6.45) is 0. The minimum atomic E-state index is -0.567. The number of nitrogens with zero attached hydrogens (tertiary/aromatic N) is 1. The fourth-order valence-corrected chi connectivity index (χ4v) is 5.12. The predicted octanol–water partition coefficient (Wildman–Crippen LogP) is 5.40. The van der Waals surface area contributed by atoms with Crippen LogP contribution in [0.2, 0.25) is 0 Å². The van der Waals surface area contributed by atoms with E-state index in [0.29, 0.717) is 22.7 Å². The molecule has 0 saturated heterocycles. The van der Waals surface area contributed by atoms with Gasteiger partial charge in [0.1, 0.15) is 11.5 Å². The minimum absolute atomic E-state index is 0.378. The summed E-state index contributed by atoms with van der Waals surface area (Å²) in [5.74, 6) is 0.741. The van der Waals surface area contributed by atoms with Crippen LogP contribution in [0.1, 0.15) is 15.9 Å². The van der Waals surface area contributed by atoms with Gasteiger partial charge in [-0.05, 0) is 42.0 Å². The Morgan fingerprint density at radius 3 is 2.53 bits per heavy atom. The maximum Gasteiger partial charge on any atom is 0.338 e. The lowest BCUT2D eigenvalue weighted by Gasteiger charge is -2.12. The van der Waals surface area contributed by atoms with Crippen molar-refractivity contribution in [3.05, 3.63) is 77.9 Å². The number of amides is 1. The Bertz CT molecular complexity index is 1270. The van der Waals surface area contributed by atoms with Crippen LogP contribution >= 0.6 is 23.1 Å². The summed E-state index contributed by atoms with van der Waals surface area (Å²) in [5, 5.41) is 2.67. The molecule has 1 N–H and O–H groups in total. The SMILES string of the molecule is COc1ccc(NC(=O)COC(=O)c2ccc(CSc3nc4ccccc4s3)cc2)c(OC)c1. The summed E-state index contributed by atoms with van der Waals surface area (Å²) < 4.78 is 17.7. The van der Waals surface area contributed by atoms with Crippen LogP contribution in [-0.4, -0.2) is 37.7 Å². The highest BCUT2D eigenvalue weighted by atomic mass is 32.2. The molecule has 0 spiro atoms. The van der Waals surface area contributed by atoms with E-state index < -0.39 is 18.5 Å². The lowest BCUT2D eigenvalue weighted by Crippen LogP contribution is -2.21. The first-order chi connectivity index (χ1) is 16.6. The van der Waals surface area contributed by atoms with Crippen LogP contribution in [0.4, 0.5) is 5.69 Å². The smallest absolute Gasteiger partial charge is 0.338 e. The van der Waals surface area contributed by atoms with E-state index in [1.165, 1.54) is 7.11 Å². The molecule has 0 fully saturated rings. The number of para-hydroxylation sites is 1. The van der Waals surface area contributed by atoms with Crippen LogP contribution in [0.5, 0.6) is 11.5 Å². The summed E-state index contributed by atoms with van der Waals surface area (Å²) in [4.78, 5) is 29.2. The van der Waals surface area contributed by atoms with Crippen LogP contribution in [0.25, 0.3) is 10.2 Å². The zero-order valence-electron chi connectivity index (χ0n) is 18.6. The van der Waals surface area contributed by atoms with Crippen molar-refractivity contribution in [2.24, 2.45) is 0 Å². The molecule has 9 heteroatoms. The molecule has 0 bridgehead atoms. The van der Waals surface area contributed by atoms with Gasteiger partial charge in [-0.3, -0.25) is 4.79 Å². The van der Waals surface area contributed by atoms with Gasteiger partial charge in [-0.15, -0.1) is 11.3 Å². The fraction of sp³-hybridized carbons (Fsp3) is 0.160. The van der Waals surface area contributed by atoms with E-state index in [0.717, 1.165) is 25.9 Å². The van der Waals surface area contributed by atoms with Crippen LogP contribution in [0.3, 0.4) is 0 Å². The van der Waals surface area contributed by atoms with Gasteiger partial charge in [0.25, 0.3) is 5.91 Å². The number of rotatable bonds is 9. The number of hydrogen-bond acceptors (Lipinski definition) is 8. The first-order valence-electron chi connectivity index (χ1n) is 10.3. The molecule has 0 radical (unpaired) electrons. The fourth-order valence-electron chi connectivity index (χ4n) is 3.10. The van der Waals surface area contributed by atoms with Gasteiger partial charge in [-0.1, -0.05) is 36.0 Å². The van der Waals surface area contributed by atoms with Crippen molar-refractivity contribution < 1.29 is 23.8 Å². The number of carbonyl (C=O) groups excluding carboxylic acids is 2. The summed E-state index contributed by atoms with van der Waals surface area (Å²) in [7, 11) is 3.03. The number of thiazole rings is 1. The Labute approximate surface area is 205 Å². The lowest BCUT2D eigenvalue weighted by atomic mass is 10.1. The van der Waals surface area contributed by atoms with Gasteiger partial charge >= 0.3 is 5.97 Å². The molecule has 4 aromatic rings. The zero-order valence-corrected chi connectivity index (χ0v) is 20.2. The Kier molecular flexibility index (Phi) is 7.66. The topological polar surface area (TPSA) is 86.8 Å². The second-order valence-electron chi connectivity index (χ2n) is 7.12. The molecule has 1 amide bonds. The van der Waals surface area contributed by atoms with E-state index in [9.17, 15) is 9.59 Å². The molecule has 34 heavy (non-hydrogen) atoms. The lowest BCUT2D eigenvalue weighted by molar-refractivity contribution is -0.119. The monoisotopic (exact) mass is 494 g/mol. The molecule has 7 nitrogen and oxygen atoms in total. The van der Waals surface area contributed by atoms with Crippen LogP contribution in [0.15, 0.2) is 71.1 Å². The average molecular weight is 495 g/mol. The van der Waals surface area contributed by atoms with E-state index in [1.54, 1.807) is 60.5 Å². The number of nitrogens with one attached hydrogen (secondary N) is 1. The minimum Gasteiger partial charge on any atom is -0.497 e. The number of ether oxygens (including phenoxy) is 3. The van der Waals surface area contributed by atoms with Crippen molar-refractivity contribution in [2.75, 3.05) is 26.1 Å². The number of anilines is 1. The van der Waals surface area contributed by atoms with Crippen molar-refractivity contribution in [1.82, 2.24) is 4.98 Å². The van der Waals surface area contributed by atoms with Gasteiger partial charge in [0.05, 0.1) is 35.7 Å². The number of hydrogen-bond donors (Lipinski definition) is 1. The van der Waals surface area contributed by atoms with Crippen molar-refractivity contribution >= 4 is 50.9 Å². The van der Waals surface area contributed by atoms with Crippen LogP contribution < -0.4 is 14.8 Å². The molecule has 0 aliphatic carbocycles. The number of carbonyl (C=O) groups is 2. The first kappa shape index (κ1) is 23.6. The molecule has 4 rings (SSSR count). The third-order valence-electron chi connectivity index (χ3n) is 4.84. The Hall–Kier alpha value is -3.56. The van der Waals surface area contributed by atoms with E-state index in [4.69, 9.17) is 14.2 Å². The molecular formula is C25H22N2O5S2. The third kappa shape index (κ3) is 5.86. The van der Waals surface area contributed by atoms with Crippen LogP contribution in [0, 0.1) is 0 Å². The number of thioether (sulfide) groups is 1. The van der Waals surface area contributed by atoms with E-state index in [1.807, 2.05) is 30.3 Å². The quantitative estimate of drug-likeness (QED) is 0.246. The highest BCUT2D eigenvalue weighted by Gasteiger charge is 2.13. The summed E-state index contributed by atoms with van der Waals surface area (Å²) in [6.45, 7) is -0.413. The average Bonchev–Trinajstić information content (AvgIpc) is 3.29. The Balaban J connectivity index is 1.27. The van der Waals surface area contributed by atoms with Gasteiger partial charge in [0.2, 0.25) is 0 Å². The van der Waals surface area contributed by atoms with Crippen molar-refractivity contribution in [3.63, 3.8) is 0 Å². The molecule has 0 aliphatic rings. The third-order valence-corrected chi connectivity index (χ3v) is 7.09. The van der Waals surface area contributed by atoms with Gasteiger partial charge in [-0.2, -0.15) is 0 Å². The molecule has 0 atom stereocenters. The molecule has 1 heterocycles. The highest BCUT2D eigenvalue weighted by molar-refractivity contribution is 8.00. The normalized spacial score (nSPS) is 10.6. The number of methoxy groups -OCH3 is 2. The van der Waals surface area contributed by atoms with E-state index in [-0.39, 0.29) is 0 Å². The molecule has 0 saturated carbocycles. The Morgan fingerprint density at radius 1 is 1.00 bits per heavy atom. The van der Waals surface area contributed by atoms with Gasteiger partial charge in [0, 0.05) is 11.8 Å². The number of fused-ring (bicyclic) bond motifs is 1. The maximum absolute atomic E-state index is 12.3. The number of esters is 1. The largest absolute Gasteiger partial charge is 0.497 e. The summed E-state index contributed by atoms with van der Waals surface area (Å²) in [5.41, 5.74) is 2.90. The van der Waals surface area contributed by atoms with Gasteiger partial charge in [-0.25, -0.2) is 9.78 Å². The molecule has 0 aliphatic heterocycles. The summed E-state index contributed by atoms with van der Waals surface area (Å²) in [6, 6.07) is 20.2. The number of aromatic nitrogens is 1. The molecular weight excluding hydrogens is 472 g/mol. The zero-order chi connectivity index (χ0) is 23.9. The van der Waals surface area contributed by atoms with Gasteiger partial charge in [0.15, 0.2) is 10.9 Å². The maximum atomic E-state index is 12.3. The predicted molar refractivity (Wildman–Crippen MR) is 134 cm³/mol. The first-order valence-corrected chi connectivity index (χ1v) is 12.1. The second kappa shape index (κ2) is 11.0.